The molecule has 0 radical (unpaired) electrons. The molecule has 2 aromatic carbocycles. The maximum Gasteiger partial charge on any atom is 0.271 e. The molecule has 1 N–H and O–H groups in total. The quantitative estimate of drug-likeness (QED) is 0.424. The number of anilines is 1. The highest BCUT2D eigenvalue weighted by Gasteiger charge is 2.10. The summed E-state index contributed by atoms with van der Waals surface area (Å²) < 4.78 is 5.43. The zero-order chi connectivity index (χ0) is 18.9. The molecule has 26 heavy (non-hydrogen) atoms. The van der Waals surface area contributed by atoms with E-state index < -0.39 is 4.92 Å². The zero-order valence-corrected chi connectivity index (χ0v) is 14.6. The number of hydrogen-bond donors (Lipinski definition) is 1. The van der Waals surface area contributed by atoms with Crippen molar-refractivity contribution in [1.29, 1.82) is 0 Å². The molecule has 0 bridgehead atoms. The lowest BCUT2D eigenvalue weighted by Gasteiger charge is -2.16. The normalized spacial score (nSPS) is 10.4. The number of carbonyl (C=O) groups excluding carboxylic acids is 1. The molecule has 0 aliphatic carbocycles. The summed E-state index contributed by atoms with van der Waals surface area (Å²) in [5.41, 5.74) is 1.39. The molecule has 136 valence electrons. The van der Waals surface area contributed by atoms with Crippen LogP contribution in [0.15, 0.2) is 61.2 Å². The largest absolute Gasteiger partial charge is 0.490 e. The molecule has 1 amide bonds. The van der Waals surface area contributed by atoms with Crippen molar-refractivity contribution in [3.8, 4) is 5.75 Å². The van der Waals surface area contributed by atoms with E-state index in [0.717, 1.165) is 11.3 Å². The van der Waals surface area contributed by atoms with Crippen LogP contribution in [0.1, 0.15) is 5.56 Å². The fourth-order valence-electron chi connectivity index (χ4n) is 2.36. The summed E-state index contributed by atoms with van der Waals surface area (Å²) in [6.07, 6.45) is 1.68. The number of carbonyl (C=O) groups is 1. The van der Waals surface area contributed by atoms with Crippen LogP contribution < -0.4 is 10.1 Å². The number of nitro groups is 1. The van der Waals surface area contributed by atoms with Gasteiger partial charge in [0.2, 0.25) is 5.91 Å². The Bertz CT molecular complexity index is 775. The van der Waals surface area contributed by atoms with Crippen molar-refractivity contribution in [2.24, 2.45) is 0 Å². The van der Waals surface area contributed by atoms with E-state index in [2.05, 4.69) is 11.9 Å². The van der Waals surface area contributed by atoms with Crippen LogP contribution in [0.5, 0.6) is 5.75 Å². The van der Waals surface area contributed by atoms with Gasteiger partial charge in [0.05, 0.1) is 11.5 Å². The standard InChI is InChI=1S/C19H21N3O4/c1-3-11-26-18-9-7-15(8-10-18)13-21(2)14-19(23)20-16-5-4-6-17(12-16)22(24)25/h3-10,12H,1,11,13-14H2,2H3,(H,20,23). The minimum atomic E-state index is -0.496. The van der Waals surface area contributed by atoms with Crippen LogP contribution in [0, 0.1) is 10.1 Å². The Hall–Kier alpha value is -3.19. The Morgan fingerprint density at radius 3 is 2.69 bits per heavy atom. The molecule has 0 atom stereocenters. The first-order chi connectivity index (χ1) is 12.5. The van der Waals surface area contributed by atoms with E-state index >= 15 is 0 Å². The topological polar surface area (TPSA) is 84.7 Å². The van der Waals surface area contributed by atoms with Gasteiger partial charge in [-0.1, -0.05) is 30.9 Å². The van der Waals surface area contributed by atoms with Crippen LogP contribution in [-0.2, 0) is 11.3 Å². The fourth-order valence-corrected chi connectivity index (χ4v) is 2.36. The average Bonchev–Trinajstić information content (AvgIpc) is 2.61. The van der Waals surface area contributed by atoms with Gasteiger partial charge in [-0.25, -0.2) is 0 Å². The maximum atomic E-state index is 12.1. The van der Waals surface area contributed by atoms with Gasteiger partial charge in [-0.15, -0.1) is 0 Å². The van der Waals surface area contributed by atoms with Crippen LogP contribution >= 0.6 is 0 Å². The van der Waals surface area contributed by atoms with Crippen LogP contribution in [0.4, 0.5) is 11.4 Å². The van der Waals surface area contributed by atoms with Crippen molar-refractivity contribution < 1.29 is 14.5 Å². The van der Waals surface area contributed by atoms with E-state index in [1.54, 1.807) is 12.1 Å². The molecule has 0 unspecified atom stereocenters. The van der Waals surface area contributed by atoms with Gasteiger partial charge >= 0.3 is 0 Å². The van der Waals surface area contributed by atoms with Crippen LogP contribution in [0.25, 0.3) is 0 Å². The third kappa shape index (κ3) is 6.03. The molecular weight excluding hydrogens is 334 g/mol. The number of amides is 1. The van der Waals surface area contributed by atoms with E-state index in [0.29, 0.717) is 18.8 Å². The van der Waals surface area contributed by atoms with Crippen molar-refractivity contribution in [3.05, 3.63) is 76.9 Å². The minimum Gasteiger partial charge on any atom is -0.490 e. The smallest absolute Gasteiger partial charge is 0.271 e. The predicted octanol–water partition coefficient (Wildman–Crippen LogP) is 3.23. The monoisotopic (exact) mass is 355 g/mol. The van der Waals surface area contributed by atoms with Crippen molar-refractivity contribution in [2.75, 3.05) is 25.5 Å². The second-order valence-electron chi connectivity index (χ2n) is 5.77. The first-order valence-corrected chi connectivity index (χ1v) is 8.03. The highest BCUT2D eigenvalue weighted by atomic mass is 16.6. The van der Waals surface area contributed by atoms with Crippen LogP contribution in [0.2, 0.25) is 0 Å². The van der Waals surface area contributed by atoms with E-state index in [4.69, 9.17) is 4.74 Å². The summed E-state index contributed by atoms with van der Waals surface area (Å²) in [6.45, 7) is 4.81. The van der Waals surface area contributed by atoms with Crippen LogP contribution in [0.3, 0.4) is 0 Å². The Kier molecular flexibility index (Phi) is 6.87. The summed E-state index contributed by atoms with van der Waals surface area (Å²) in [5, 5.41) is 13.4. The number of nitrogens with one attached hydrogen (secondary N) is 1. The van der Waals surface area contributed by atoms with Gasteiger partial charge in [0, 0.05) is 24.4 Å². The first-order valence-electron chi connectivity index (χ1n) is 8.03. The van der Waals surface area contributed by atoms with Gasteiger partial charge in [-0.3, -0.25) is 19.8 Å². The molecule has 0 aliphatic rings. The van der Waals surface area contributed by atoms with Gasteiger partial charge < -0.3 is 10.1 Å². The number of nitro benzene ring substituents is 1. The first kappa shape index (κ1) is 19.1. The molecule has 7 nitrogen and oxygen atoms in total. The van der Waals surface area contributed by atoms with Crippen molar-refractivity contribution in [2.45, 2.75) is 6.54 Å². The SMILES string of the molecule is C=CCOc1ccc(CN(C)CC(=O)Nc2cccc([N+](=O)[O-])c2)cc1. The van der Waals surface area contributed by atoms with E-state index in [1.807, 2.05) is 36.2 Å². The summed E-state index contributed by atoms with van der Waals surface area (Å²) in [5.74, 6) is 0.527. The maximum absolute atomic E-state index is 12.1. The molecule has 2 rings (SSSR count). The third-order valence-corrected chi connectivity index (χ3v) is 3.50. The number of ether oxygens (including phenoxy) is 1. The van der Waals surface area contributed by atoms with Crippen molar-refractivity contribution >= 4 is 17.3 Å². The molecule has 0 saturated carbocycles. The second-order valence-corrected chi connectivity index (χ2v) is 5.77. The molecule has 0 aliphatic heterocycles. The summed E-state index contributed by atoms with van der Waals surface area (Å²) in [6, 6.07) is 13.5. The average molecular weight is 355 g/mol. The number of hydrogen-bond acceptors (Lipinski definition) is 5. The number of likely N-dealkylation sites (N-methyl/N-ethyl adjacent to an activating group) is 1. The van der Waals surface area contributed by atoms with Gasteiger partial charge in [0.15, 0.2) is 0 Å². The summed E-state index contributed by atoms with van der Waals surface area (Å²) in [4.78, 5) is 24.2. The van der Waals surface area contributed by atoms with Gasteiger partial charge in [0.1, 0.15) is 12.4 Å². The highest BCUT2D eigenvalue weighted by molar-refractivity contribution is 5.92. The summed E-state index contributed by atoms with van der Waals surface area (Å²) >= 11 is 0. The third-order valence-electron chi connectivity index (χ3n) is 3.50. The predicted molar refractivity (Wildman–Crippen MR) is 100 cm³/mol. The fraction of sp³-hybridized carbons (Fsp3) is 0.211. The highest BCUT2D eigenvalue weighted by Crippen LogP contribution is 2.17. The molecule has 0 fully saturated rings. The van der Waals surface area contributed by atoms with E-state index in [1.165, 1.54) is 18.2 Å². The second kappa shape index (κ2) is 9.33. The zero-order valence-electron chi connectivity index (χ0n) is 14.6. The lowest BCUT2D eigenvalue weighted by molar-refractivity contribution is -0.384. The number of nitrogens with zero attached hydrogens (tertiary/aromatic N) is 2. The number of benzene rings is 2. The van der Waals surface area contributed by atoms with Crippen LogP contribution in [-0.4, -0.2) is 35.9 Å². The molecule has 0 saturated heterocycles. The minimum absolute atomic E-state index is 0.0603. The Morgan fingerprint density at radius 2 is 2.04 bits per heavy atom. The molecule has 2 aromatic rings. The number of rotatable bonds is 9. The van der Waals surface area contributed by atoms with E-state index in [-0.39, 0.29) is 18.1 Å². The molecule has 7 heteroatoms. The van der Waals surface area contributed by atoms with Crippen molar-refractivity contribution in [1.82, 2.24) is 4.90 Å². The lowest BCUT2D eigenvalue weighted by Crippen LogP contribution is -2.29. The molecule has 0 spiro atoms. The van der Waals surface area contributed by atoms with Gasteiger partial charge in [-0.05, 0) is 30.8 Å². The lowest BCUT2D eigenvalue weighted by atomic mass is 10.2. The Morgan fingerprint density at radius 1 is 1.31 bits per heavy atom. The molecule has 0 heterocycles. The van der Waals surface area contributed by atoms with Gasteiger partial charge in [0.25, 0.3) is 5.69 Å². The summed E-state index contributed by atoms with van der Waals surface area (Å²) in [7, 11) is 1.83. The molecular formula is C19H21N3O4. The Labute approximate surface area is 152 Å². The Balaban J connectivity index is 1.85. The van der Waals surface area contributed by atoms with Gasteiger partial charge in [-0.2, -0.15) is 0 Å². The van der Waals surface area contributed by atoms with E-state index in [9.17, 15) is 14.9 Å². The molecule has 0 aromatic heterocycles. The number of non-ortho nitro benzene ring substituents is 1. The van der Waals surface area contributed by atoms with Crippen molar-refractivity contribution in [3.63, 3.8) is 0 Å².